The van der Waals surface area contributed by atoms with Crippen molar-refractivity contribution in [2.24, 2.45) is 7.05 Å². The summed E-state index contributed by atoms with van der Waals surface area (Å²) in [4.78, 5) is 20.8. The van der Waals surface area contributed by atoms with Gasteiger partial charge in [-0.05, 0) is 58.3 Å². The summed E-state index contributed by atoms with van der Waals surface area (Å²) < 4.78 is 8.07. The molecule has 6 nitrogen and oxygen atoms in total. The number of nitrogens with one attached hydrogen (secondary N) is 1. The lowest BCUT2D eigenvalue weighted by Gasteiger charge is -2.08. The second kappa shape index (κ2) is 9.29. The maximum Gasteiger partial charge on any atom is 0.269 e. The first-order valence-electron chi connectivity index (χ1n) is 10.6. The highest BCUT2D eigenvalue weighted by atomic mass is 35.5. The summed E-state index contributed by atoms with van der Waals surface area (Å²) in [6.07, 6.45) is 2.23. The van der Waals surface area contributed by atoms with Crippen molar-refractivity contribution in [3.63, 3.8) is 0 Å². The molecule has 5 aromatic rings. The van der Waals surface area contributed by atoms with Crippen LogP contribution in [-0.2, 0) is 13.5 Å². The fourth-order valence-electron chi connectivity index (χ4n) is 3.82. The average Bonchev–Trinajstić information content (AvgIpc) is 3.48. The summed E-state index contributed by atoms with van der Waals surface area (Å²) in [5.41, 5.74) is 5.44. The van der Waals surface area contributed by atoms with E-state index < -0.39 is 0 Å². The number of nitrogens with zero attached hydrogens (tertiary/aromatic N) is 3. The lowest BCUT2D eigenvalue weighted by Crippen LogP contribution is -2.18. The Morgan fingerprint density at radius 1 is 1.12 bits per heavy atom. The summed E-state index contributed by atoms with van der Waals surface area (Å²) in [5.74, 6) is 1.85. The molecule has 0 saturated heterocycles. The normalized spacial score (nSPS) is 11.0. The van der Waals surface area contributed by atoms with Crippen LogP contribution in [0.3, 0.4) is 0 Å². The lowest BCUT2D eigenvalue weighted by molar-refractivity contribution is 0.0958. The molecule has 3 aromatic heterocycles. The minimum Gasteiger partial charge on any atom is -0.457 e. The number of halogens is 1. The highest BCUT2D eigenvalue weighted by Crippen LogP contribution is 2.32. The van der Waals surface area contributed by atoms with Crippen molar-refractivity contribution in [3.8, 4) is 22.6 Å². The van der Waals surface area contributed by atoms with E-state index in [1.165, 1.54) is 0 Å². The van der Waals surface area contributed by atoms with Crippen LogP contribution in [0.4, 0.5) is 0 Å². The molecule has 0 saturated carbocycles. The number of aromatic nitrogens is 3. The van der Waals surface area contributed by atoms with Gasteiger partial charge in [0, 0.05) is 49.4 Å². The van der Waals surface area contributed by atoms with Crippen LogP contribution in [0.1, 0.15) is 21.9 Å². The number of carbonyl (C=O) groups is 1. The maximum atomic E-state index is 11.8. The van der Waals surface area contributed by atoms with Gasteiger partial charge in [0.2, 0.25) is 0 Å². The Balaban J connectivity index is 1.41. The Bertz CT molecular complexity index is 1490. The number of carbonyl (C=O) groups excluding carboxylic acids is 1. The van der Waals surface area contributed by atoms with E-state index in [4.69, 9.17) is 21.3 Å². The van der Waals surface area contributed by atoms with Crippen molar-refractivity contribution in [3.05, 3.63) is 93.7 Å². The van der Waals surface area contributed by atoms with E-state index in [0.717, 1.165) is 38.6 Å². The van der Waals surface area contributed by atoms with Gasteiger partial charge in [0.25, 0.3) is 5.91 Å². The van der Waals surface area contributed by atoms with Crippen molar-refractivity contribution in [2.75, 3.05) is 7.05 Å². The number of fused-ring (bicyclic) bond motifs is 1. The highest BCUT2D eigenvalue weighted by Gasteiger charge is 2.13. The van der Waals surface area contributed by atoms with Crippen LogP contribution in [-0.4, -0.2) is 27.5 Å². The number of hydrogen-bond donors (Lipinski definition) is 1. The number of imidazole rings is 1. The van der Waals surface area contributed by atoms with Gasteiger partial charge in [0.05, 0.1) is 11.0 Å². The van der Waals surface area contributed by atoms with Crippen molar-refractivity contribution in [1.29, 1.82) is 0 Å². The molecule has 1 amide bonds. The third-order valence-electron chi connectivity index (χ3n) is 5.60. The monoisotopic (exact) mass is 488 g/mol. The largest absolute Gasteiger partial charge is 0.457 e. The molecule has 0 unspecified atom stereocenters. The van der Waals surface area contributed by atoms with E-state index in [0.29, 0.717) is 23.6 Å². The minimum atomic E-state index is -0.264. The Morgan fingerprint density at radius 2 is 1.97 bits per heavy atom. The molecule has 0 bridgehead atoms. The molecule has 0 radical (unpaired) electrons. The van der Waals surface area contributed by atoms with Gasteiger partial charge in [-0.2, -0.15) is 11.3 Å². The van der Waals surface area contributed by atoms with E-state index in [1.807, 2.05) is 37.4 Å². The van der Waals surface area contributed by atoms with Gasteiger partial charge in [0.1, 0.15) is 23.0 Å². The zero-order chi connectivity index (χ0) is 23.7. The molecular weight excluding hydrogens is 468 g/mol. The molecule has 170 valence electrons. The molecule has 1 N–H and O–H groups in total. The number of thiophene rings is 1. The number of rotatable bonds is 6. The zero-order valence-electron chi connectivity index (χ0n) is 18.6. The predicted octanol–water partition coefficient (Wildman–Crippen LogP) is 6.09. The predicted molar refractivity (Wildman–Crippen MR) is 136 cm³/mol. The fraction of sp³-hybridized carbons (Fsp3) is 0.115. The molecule has 0 aliphatic carbocycles. The molecule has 0 spiro atoms. The summed E-state index contributed by atoms with van der Waals surface area (Å²) in [6.45, 7) is 0. The third-order valence-corrected chi connectivity index (χ3v) is 6.61. The number of amides is 1. The van der Waals surface area contributed by atoms with Crippen LogP contribution in [0.5, 0.6) is 11.5 Å². The zero-order valence-corrected chi connectivity index (χ0v) is 20.2. The average molecular weight is 489 g/mol. The quantitative estimate of drug-likeness (QED) is 0.314. The van der Waals surface area contributed by atoms with Crippen molar-refractivity contribution < 1.29 is 9.53 Å². The summed E-state index contributed by atoms with van der Waals surface area (Å²) in [7, 11) is 3.58. The van der Waals surface area contributed by atoms with Gasteiger partial charge in [-0.15, -0.1) is 0 Å². The van der Waals surface area contributed by atoms with Crippen molar-refractivity contribution >= 4 is 39.9 Å². The summed E-state index contributed by atoms with van der Waals surface area (Å²) >= 11 is 8.10. The SMILES string of the molecule is CNC(=O)c1cc(Oc2ccc3c(c2)nc(Cc2ccc(Cl)c(-c4ccsc4)c2)n3C)ccn1. The number of pyridine rings is 1. The van der Waals surface area contributed by atoms with E-state index in [-0.39, 0.29) is 5.91 Å². The molecule has 8 heteroatoms. The molecule has 5 rings (SSSR count). The smallest absolute Gasteiger partial charge is 0.269 e. The van der Waals surface area contributed by atoms with Gasteiger partial charge in [-0.3, -0.25) is 9.78 Å². The molecule has 0 aliphatic rings. The Labute approximate surface area is 205 Å². The standard InChI is InChI=1S/C26H21ClN4O2S/c1-28-26(32)23-14-19(7-9-29-23)33-18-4-6-24-22(13-18)30-25(31(24)2)12-16-3-5-21(27)20(11-16)17-8-10-34-15-17/h3-11,13-15H,12H2,1-2H3,(H,28,32). The number of benzene rings is 2. The Morgan fingerprint density at radius 3 is 2.76 bits per heavy atom. The van der Waals surface area contributed by atoms with Gasteiger partial charge in [-0.1, -0.05) is 17.7 Å². The van der Waals surface area contributed by atoms with Crippen LogP contribution >= 0.6 is 22.9 Å². The highest BCUT2D eigenvalue weighted by molar-refractivity contribution is 7.08. The van der Waals surface area contributed by atoms with E-state index in [1.54, 1.807) is 36.7 Å². The van der Waals surface area contributed by atoms with Gasteiger partial charge in [-0.25, -0.2) is 4.98 Å². The number of hydrogen-bond acceptors (Lipinski definition) is 5. The first-order valence-corrected chi connectivity index (χ1v) is 12.0. The molecule has 34 heavy (non-hydrogen) atoms. The molecule has 3 heterocycles. The molecule has 0 aliphatic heterocycles. The maximum absolute atomic E-state index is 11.8. The lowest BCUT2D eigenvalue weighted by atomic mass is 10.0. The van der Waals surface area contributed by atoms with E-state index in [2.05, 4.69) is 37.8 Å². The van der Waals surface area contributed by atoms with Crippen molar-refractivity contribution in [2.45, 2.75) is 6.42 Å². The number of ether oxygens (including phenoxy) is 1. The van der Waals surface area contributed by atoms with Crippen molar-refractivity contribution in [1.82, 2.24) is 19.9 Å². The van der Waals surface area contributed by atoms with Crippen LogP contribution in [0, 0.1) is 0 Å². The van der Waals surface area contributed by atoms with Gasteiger partial charge >= 0.3 is 0 Å². The molecular formula is C26H21ClN4O2S. The summed E-state index contributed by atoms with van der Waals surface area (Å²) in [6, 6.07) is 17.3. The van der Waals surface area contributed by atoms with Gasteiger partial charge < -0.3 is 14.6 Å². The first kappa shape index (κ1) is 22.1. The summed E-state index contributed by atoms with van der Waals surface area (Å²) in [5, 5.41) is 7.45. The van der Waals surface area contributed by atoms with Crippen LogP contribution < -0.4 is 10.1 Å². The van der Waals surface area contributed by atoms with Gasteiger partial charge in [0.15, 0.2) is 0 Å². The van der Waals surface area contributed by atoms with E-state index >= 15 is 0 Å². The first-order chi connectivity index (χ1) is 16.5. The van der Waals surface area contributed by atoms with Crippen LogP contribution in [0.2, 0.25) is 5.02 Å². The third kappa shape index (κ3) is 4.40. The Hall–Kier alpha value is -3.68. The second-order valence-electron chi connectivity index (χ2n) is 7.80. The molecule has 2 aromatic carbocycles. The second-order valence-corrected chi connectivity index (χ2v) is 8.99. The number of aryl methyl sites for hydroxylation is 1. The topological polar surface area (TPSA) is 69.0 Å². The minimum absolute atomic E-state index is 0.264. The van der Waals surface area contributed by atoms with Crippen LogP contribution in [0.15, 0.2) is 71.6 Å². The molecule has 0 fully saturated rings. The van der Waals surface area contributed by atoms with Crippen LogP contribution in [0.25, 0.3) is 22.2 Å². The molecule has 0 atom stereocenters. The Kier molecular flexibility index (Phi) is 6.04. The van der Waals surface area contributed by atoms with E-state index in [9.17, 15) is 4.79 Å². The fourth-order valence-corrected chi connectivity index (χ4v) is 4.70.